The second-order valence-electron chi connectivity index (χ2n) is 23.6. The Morgan fingerprint density at radius 1 is 0.407 bits per heavy atom. The maximum Gasteiger partial charge on any atom is 0.220 e. The molecule has 0 saturated carbocycles. The summed E-state index contributed by atoms with van der Waals surface area (Å²) in [4.78, 5) is 13.1. The number of aliphatic hydroxyl groups is 5. The summed E-state index contributed by atoms with van der Waals surface area (Å²) in [5, 5.41) is 54.7. The van der Waals surface area contributed by atoms with Gasteiger partial charge in [0.1, 0.15) is 24.4 Å². The summed E-state index contributed by atoms with van der Waals surface area (Å²) < 4.78 is 11.3. The molecule has 1 amide bonds. The Balaban J connectivity index is 2.19. The molecule has 9 nitrogen and oxygen atoms in total. The van der Waals surface area contributed by atoms with Gasteiger partial charge < -0.3 is 40.3 Å². The van der Waals surface area contributed by atoms with Crippen molar-refractivity contribution in [2.45, 2.75) is 320 Å². The molecule has 1 aliphatic rings. The van der Waals surface area contributed by atoms with Crippen molar-refractivity contribution in [2.24, 2.45) is 0 Å². The van der Waals surface area contributed by atoms with E-state index in [1.165, 1.54) is 128 Å². The molecule has 1 aliphatic heterocycles. The number of unbranched alkanes of at least 4 members (excludes halogenated alkanes) is 27. The first kappa shape index (κ1) is 80.1. The van der Waals surface area contributed by atoms with E-state index in [-0.39, 0.29) is 12.5 Å². The summed E-state index contributed by atoms with van der Waals surface area (Å²) in [5.74, 6) is -0.199. The molecule has 1 fully saturated rings. The summed E-state index contributed by atoms with van der Waals surface area (Å²) >= 11 is 0. The molecule has 1 heterocycles. The van der Waals surface area contributed by atoms with Crippen LogP contribution in [0.4, 0.5) is 0 Å². The standard InChI is InChI=1S/C77H129NO8/c1-3-5-7-9-11-13-15-17-19-21-23-25-27-29-30-31-32-33-34-35-36-37-38-39-40-41-42-43-45-47-49-51-53-55-57-59-61-63-65-67-73(81)78-70(69-85-77-76(84)75(83)74(82)72(68-79)86-77)71(80)66-64-62-60-58-56-54-52-50-48-46-44-28-26-24-22-20-18-16-14-12-10-8-6-4-2/h5,7,11,13,17,19,23,25,29-30,32-33,35-36,38-39,41-42,45,47,51,53,64,66,70-72,74-77,79-80,82-84H,3-4,6,8-10,12,14-16,18,20-22,24,26-28,31,34,37,40,43-44,46,48-50,52,54-63,65,67-69H2,1-2H3,(H,78,81)/b7-5-,13-11-,19-17-,25-23-,30-29-,33-32-,36-35-,39-38-,42-41-,47-45-,53-51-,66-64+. The molecule has 86 heavy (non-hydrogen) atoms. The largest absolute Gasteiger partial charge is 0.394 e. The predicted molar refractivity (Wildman–Crippen MR) is 368 cm³/mol. The van der Waals surface area contributed by atoms with Crippen molar-refractivity contribution >= 4 is 5.91 Å². The molecule has 6 N–H and O–H groups in total. The molecule has 0 aromatic heterocycles. The second-order valence-corrected chi connectivity index (χ2v) is 23.6. The minimum Gasteiger partial charge on any atom is -0.394 e. The number of carbonyl (C=O) groups is 1. The number of amides is 1. The molecule has 9 heteroatoms. The van der Waals surface area contributed by atoms with E-state index in [1.54, 1.807) is 6.08 Å². The van der Waals surface area contributed by atoms with E-state index >= 15 is 0 Å². The van der Waals surface area contributed by atoms with Gasteiger partial charge in [-0.3, -0.25) is 4.79 Å². The van der Waals surface area contributed by atoms with E-state index in [2.05, 4.69) is 153 Å². The van der Waals surface area contributed by atoms with Gasteiger partial charge >= 0.3 is 0 Å². The summed E-state index contributed by atoms with van der Waals surface area (Å²) in [6.07, 6.45) is 92.2. The minimum atomic E-state index is -1.58. The fraction of sp³-hybridized carbons (Fsp3) is 0.675. The molecule has 490 valence electrons. The van der Waals surface area contributed by atoms with Gasteiger partial charge in [0.05, 0.1) is 25.4 Å². The van der Waals surface area contributed by atoms with Crippen LogP contribution in [0.1, 0.15) is 277 Å². The molecule has 0 aromatic carbocycles. The number of hydrogen-bond donors (Lipinski definition) is 6. The molecule has 0 spiro atoms. The summed E-state index contributed by atoms with van der Waals surface area (Å²) in [7, 11) is 0. The molecule has 0 aromatic rings. The van der Waals surface area contributed by atoms with Gasteiger partial charge in [0, 0.05) is 6.42 Å². The van der Waals surface area contributed by atoms with Crippen molar-refractivity contribution in [3.63, 3.8) is 0 Å². The van der Waals surface area contributed by atoms with E-state index in [0.29, 0.717) is 6.42 Å². The molecular weight excluding hydrogens is 1070 g/mol. The average molecular weight is 1200 g/mol. The smallest absolute Gasteiger partial charge is 0.220 e. The Morgan fingerprint density at radius 3 is 1.07 bits per heavy atom. The molecular formula is C77H129NO8. The van der Waals surface area contributed by atoms with Crippen LogP contribution in [-0.4, -0.2) is 87.5 Å². The Labute approximate surface area is 527 Å². The van der Waals surface area contributed by atoms with Crippen molar-refractivity contribution < 1.29 is 39.8 Å². The zero-order valence-electron chi connectivity index (χ0n) is 54.8. The normalized spacial score (nSPS) is 19.0. The van der Waals surface area contributed by atoms with Gasteiger partial charge in [0.15, 0.2) is 6.29 Å². The van der Waals surface area contributed by atoms with Gasteiger partial charge in [0.2, 0.25) is 5.91 Å². The molecule has 7 unspecified atom stereocenters. The lowest BCUT2D eigenvalue weighted by Gasteiger charge is -2.40. The van der Waals surface area contributed by atoms with Gasteiger partial charge in [-0.1, -0.05) is 314 Å². The maximum absolute atomic E-state index is 13.1. The molecule has 0 bridgehead atoms. The number of aliphatic hydroxyl groups excluding tert-OH is 5. The first-order valence-electron chi connectivity index (χ1n) is 35.1. The number of carbonyl (C=O) groups excluding carboxylic acids is 1. The minimum absolute atomic E-state index is 0.199. The van der Waals surface area contributed by atoms with E-state index in [0.717, 1.165) is 128 Å². The highest BCUT2D eigenvalue weighted by atomic mass is 16.7. The number of allylic oxidation sites excluding steroid dienone is 23. The Morgan fingerprint density at radius 2 is 0.721 bits per heavy atom. The number of hydrogen-bond acceptors (Lipinski definition) is 8. The van der Waals surface area contributed by atoms with Crippen LogP contribution >= 0.6 is 0 Å². The van der Waals surface area contributed by atoms with Gasteiger partial charge in [0.25, 0.3) is 0 Å². The molecule has 0 radical (unpaired) electrons. The van der Waals surface area contributed by atoms with E-state index in [9.17, 15) is 30.3 Å². The van der Waals surface area contributed by atoms with Crippen molar-refractivity contribution in [1.82, 2.24) is 5.32 Å². The number of nitrogens with one attached hydrogen (secondary N) is 1. The SMILES string of the molecule is CC/C=C\C/C=C\C/C=C\C/C=C\C/C=C\C/C=C\C/C=C\C/C=C\C/C=C\C/C=C\C/C=C\CCCCCCCC(=O)NC(COC1OC(CO)C(O)C(O)C1O)C(O)/C=C/CCCCCCCCCCCCCCCCCCCCCCCC. The fourth-order valence-electron chi connectivity index (χ4n) is 10.2. The lowest BCUT2D eigenvalue weighted by molar-refractivity contribution is -0.302. The molecule has 7 atom stereocenters. The van der Waals surface area contributed by atoms with Crippen LogP contribution in [0.3, 0.4) is 0 Å². The van der Waals surface area contributed by atoms with Crippen LogP contribution in [0.25, 0.3) is 0 Å². The maximum atomic E-state index is 13.1. The molecule has 1 saturated heterocycles. The first-order chi connectivity index (χ1) is 42.3. The molecule has 1 rings (SSSR count). The van der Waals surface area contributed by atoms with Crippen LogP contribution in [0, 0.1) is 0 Å². The third-order valence-electron chi connectivity index (χ3n) is 15.7. The highest BCUT2D eigenvalue weighted by Gasteiger charge is 2.44. The van der Waals surface area contributed by atoms with Crippen LogP contribution in [-0.2, 0) is 14.3 Å². The fourth-order valence-corrected chi connectivity index (χ4v) is 10.2. The quantitative estimate of drug-likeness (QED) is 0.0261. The first-order valence-corrected chi connectivity index (χ1v) is 35.1. The van der Waals surface area contributed by atoms with Crippen LogP contribution in [0.15, 0.2) is 146 Å². The van der Waals surface area contributed by atoms with E-state index in [4.69, 9.17) is 9.47 Å². The zero-order valence-corrected chi connectivity index (χ0v) is 54.8. The van der Waals surface area contributed by atoms with Crippen molar-refractivity contribution in [2.75, 3.05) is 13.2 Å². The third kappa shape index (κ3) is 52.1. The monoisotopic (exact) mass is 1200 g/mol. The van der Waals surface area contributed by atoms with Crippen molar-refractivity contribution in [3.8, 4) is 0 Å². The second kappa shape index (κ2) is 64.1. The van der Waals surface area contributed by atoms with Gasteiger partial charge in [-0.25, -0.2) is 0 Å². The van der Waals surface area contributed by atoms with Crippen LogP contribution < -0.4 is 5.32 Å². The lowest BCUT2D eigenvalue weighted by atomic mass is 9.99. The Bertz CT molecular complexity index is 1870. The topological polar surface area (TPSA) is 149 Å². The highest BCUT2D eigenvalue weighted by molar-refractivity contribution is 5.76. The average Bonchev–Trinajstić information content (AvgIpc) is 3.55. The number of ether oxygens (including phenoxy) is 2. The highest BCUT2D eigenvalue weighted by Crippen LogP contribution is 2.23. The summed E-state index contributed by atoms with van der Waals surface area (Å²) in [5.41, 5.74) is 0. The van der Waals surface area contributed by atoms with E-state index in [1.807, 2.05) is 6.08 Å². The van der Waals surface area contributed by atoms with Crippen LogP contribution in [0.2, 0.25) is 0 Å². The Kier molecular flexibility index (Phi) is 59.7. The van der Waals surface area contributed by atoms with Crippen molar-refractivity contribution in [3.05, 3.63) is 146 Å². The summed E-state index contributed by atoms with van der Waals surface area (Å²) in [6, 6.07) is -0.828. The van der Waals surface area contributed by atoms with Gasteiger partial charge in [-0.15, -0.1) is 0 Å². The van der Waals surface area contributed by atoms with Crippen LogP contribution in [0.5, 0.6) is 0 Å². The van der Waals surface area contributed by atoms with Gasteiger partial charge in [-0.2, -0.15) is 0 Å². The van der Waals surface area contributed by atoms with Crippen molar-refractivity contribution in [1.29, 1.82) is 0 Å². The van der Waals surface area contributed by atoms with Gasteiger partial charge in [-0.05, 0) is 103 Å². The zero-order chi connectivity index (χ0) is 62.1. The Hall–Kier alpha value is -3.93. The van der Waals surface area contributed by atoms with E-state index < -0.39 is 49.5 Å². The predicted octanol–water partition coefficient (Wildman–Crippen LogP) is 19.4. The molecule has 0 aliphatic carbocycles. The third-order valence-corrected chi connectivity index (χ3v) is 15.7. The lowest BCUT2D eigenvalue weighted by Crippen LogP contribution is -2.60. The number of rotatable bonds is 59. The summed E-state index contributed by atoms with van der Waals surface area (Å²) in [6.45, 7) is 3.67.